The number of nitriles is 1. The standard InChI is InChI=1S/C34H36N4O11S/c1-13-7-16-8-17-19(9-35)38-20-10-46-34(44)18(36-21(40)5-6-22(41)42)11-50-33(27(38)26(37-17)23(16)28(43)29(13)45-4)25-24(20)32-31(47-12-48-32)14(2)30(25)49-15(3)39/h7,17-20,26-27,33,37,43H,5-6,8,10-12H2,1-4H3,(H,36,40)(H,41,42)/t17-,18-,19-,20-,26+,27?,33+/m0/s1. The Morgan fingerprint density at radius 2 is 1.90 bits per heavy atom. The van der Waals surface area contributed by atoms with Crippen LogP contribution in [0.25, 0.3) is 0 Å². The van der Waals surface area contributed by atoms with Crippen LogP contribution in [-0.2, 0) is 30.3 Å². The van der Waals surface area contributed by atoms with Crippen LogP contribution >= 0.6 is 11.8 Å². The van der Waals surface area contributed by atoms with Crippen LogP contribution in [0, 0.1) is 25.2 Å². The van der Waals surface area contributed by atoms with Crippen LogP contribution in [0.5, 0.6) is 28.7 Å². The Balaban J connectivity index is 1.45. The number of nitrogens with zero attached hydrogens (tertiary/aromatic N) is 2. The predicted octanol–water partition coefficient (Wildman–Crippen LogP) is 2.24. The minimum absolute atomic E-state index is 0.0206. The summed E-state index contributed by atoms with van der Waals surface area (Å²) in [6.45, 7) is 4.53. The van der Waals surface area contributed by atoms with Gasteiger partial charge in [-0.3, -0.25) is 19.3 Å². The van der Waals surface area contributed by atoms with Gasteiger partial charge >= 0.3 is 17.9 Å². The number of aryl methyl sites for hydroxylation is 1. The monoisotopic (exact) mass is 708 g/mol. The van der Waals surface area contributed by atoms with Crippen molar-refractivity contribution in [3.8, 4) is 34.8 Å². The molecule has 4 N–H and O–H groups in total. The van der Waals surface area contributed by atoms with E-state index in [1.807, 2.05) is 17.9 Å². The summed E-state index contributed by atoms with van der Waals surface area (Å²) in [6.07, 6.45) is -0.315. The molecule has 7 rings (SSSR count). The maximum absolute atomic E-state index is 13.6. The number of carbonyl (C=O) groups is 4. The van der Waals surface area contributed by atoms with Gasteiger partial charge in [-0.05, 0) is 31.4 Å². The van der Waals surface area contributed by atoms with Crippen molar-refractivity contribution in [2.75, 3.05) is 26.3 Å². The SMILES string of the molecule is COc1c(C)cc2c(c1O)[C@H]1N[C@@H](C2)[C@H](C#N)N2C1[C@@H]1SC[C@H](NC(=O)CCC(=O)O)C(=O)OC[C@H]2c2c3c(c(C)c(OC(C)=O)c21)OCO3. The van der Waals surface area contributed by atoms with Gasteiger partial charge in [0.1, 0.15) is 24.4 Å². The Morgan fingerprint density at radius 3 is 2.60 bits per heavy atom. The summed E-state index contributed by atoms with van der Waals surface area (Å²) >= 11 is 1.29. The van der Waals surface area contributed by atoms with Crippen molar-refractivity contribution in [3.63, 3.8) is 0 Å². The highest BCUT2D eigenvalue weighted by Crippen LogP contribution is 2.62. The van der Waals surface area contributed by atoms with Gasteiger partial charge in [-0.1, -0.05) is 6.07 Å². The third-order valence-electron chi connectivity index (χ3n) is 10.1. The molecule has 1 amide bonds. The zero-order valence-electron chi connectivity index (χ0n) is 27.7. The third kappa shape index (κ3) is 5.35. The maximum Gasteiger partial charge on any atom is 0.329 e. The average Bonchev–Trinajstić information content (AvgIpc) is 3.56. The van der Waals surface area contributed by atoms with Crippen LogP contribution in [0.2, 0.25) is 0 Å². The number of piperazine rings is 1. The largest absolute Gasteiger partial charge is 0.504 e. The molecule has 16 heteroatoms. The number of phenols is 1. The zero-order valence-corrected chi connectivity index (χ0v) is 28.5. The summed E-state index contributed by atoms with van der Waals surface area (Å²) in [7, 11) is 1.49. The highest BCUT2D eigenvalue weighted by atomic mass is 32.2. The Labute approximate surface area is 291 Å². The van der Waals surface area contributed by atoms with Crippen LogP contribution in [0.4, 0.5) is 0 Å². The number of hydrogen-bond donors (Lipinski definition) is 4. The molecule has 15 nitrogen and oxygen atoms in total. The fraction of sp³-hybridized carbons (Fsp3) is 0.500. The summed E-state index contributed by atoms with van der Waals surface area (Å²) in [5, 5.41) is 37.2. The van der Waals surface area contributed by atoms with E-state index in [1.54, 1.807) is 6.92 Å². The molecule has 5 aliphatic rings. The molecule has 2 fully saturated rings. The van der Waals surface area contributed by atoms with Gasteiger partial charge in [0.05, 0.1) is 36.9 Å². The number of amides is 1. The molecular formula is C34H36N4O11S. The molecule has 2 saturated heterocycles. The number of esters is 2. The number of hydrogen-bond acceptors (Lipinski definition) is 14. The maximum atomic E-state index is 13.6. The second-order valence-corrected chi connectivity index (χ2v) is 14.1. The van der Waals surface area contributed by atoms with E-state index in [0.29, 0.717) is 45.9 Å². The van der Waals surface area contributed by atoms with E-state index < -0.39 is 65.7 Å². The molecule has 5 aliphatic heterocycles. The quantitative estimate of drug-likeness (QED) is 0.251. The number of cyclic esters (lactones) is 1. The molecule has 2 aromatic rings. The second kappa shape index (κ2) is 12.9. The van der Waals surface area contributed by atoms with Crippen LogP contribution < -0.4 is 29.6 Å². The van der Waals surface area contributed by atoms with Gasteiger partial charge < -0.3 is 44.5 Å². The van der Waals surface area contributed by atoms with Crippen LogP contribution in [-0.4, -0.2) is 89.4 Å². The smallest absolute Gasteiger partial charge is 0.329 e. The molecule has 4 bridgehead atoms. The summed E-state index contributed by atoms with van der Waals surface area (Å²) in [4.78, 5) is 52.1. The van der Waals surface area contributed by atoms with Crippen molar-refractivity contribution in [2.24, 2.45) is 0 Å². The first-order valence-corrected chi connectivity index (χ1v) is 17.3. The number of ether oxygens (including phenoxy) is 5. The van der Waals surface area contributed by atoms with Gasteiger partial charge in [-0.15, -0.1) is 11.8 Å². The van der Waals surface area contributed by atoms with E-state index in [-0.39, 0.29) is 43.1 Å². The van der Waals surface area contributed by atoms with Crippen LogP contribution in [0.15, 0.2) is 6.07 Å². The number of carboxylic acids is 1. The first kappa shape index (κ1) is 33.8. The Kier molecular flexibility index (Phi) is 8.69. The zero-order chi connectivity index (χ0) is 35.6. The lowest BCUT2D eigenvalue weighted by atomic mass is 9.72. The Bertz CT molecular complexity index is 1860. The van der Waals surface area contributed by atoms with E-state index >= 15 is 0 Å². The van der Waals surface area contributed by atoms with Crippen molar-refractivity contribution in [3.05, 3.63) is 39.4 Å². The van der Waals surface area contributed by atoms with E-state index in [2.05, 4.69) is 16.7 Å². The lowest BCUT2D eigenvalue weighted by Crippen LogP contribution is -2.69. The van der Waals surface area contributed by atoms with Crippen molar-refractivity contribution in [1.82, 2.24) is 15.5 Å². The lowest BCUT2D eigenvalue weighted by Gasteiger charge is -2.59. The molecule has 5 heterocycles. The highest BCUT2D eigenvalue weighted by molar-refractivity contribution is 7.99. The molecule has 0 aromatic heterocycles. The van der Waals surface area contributed by atoms with Crippen molar-refractivity contribution < 1.29 is 53.1 Å². The number of methoxy groups -OCH3 is 1. The van der Waals surface area contributed by atoms with Crippen molar-refractivity contribution in [1.29, 1.82) is 5.26 Å². The van der Waals surface area contributed by atoms with Gasteiger partial charge in [0.2, 0.25) is 12.7 Å². The minimum atomic E-state index is -1.15. The molecule has 1 unspecified atom stereocenters. The number of phenolic OH excluding ortho intramolecular Hbond substituents is 1. The Morgan fingerprint density at radius 1 is 1.14 bits per heavy atom. The normalized spacial score (nSPS) is 27.5. The van der Waals surface area contributed by atoms with Crippen molar-refractivity contribution in [2.45, 2.75) is 81.5 Å². The van der Waals surface area contributed by atoms with Gasteiger partial charge in [0.15, 0.2) is 23.0 Å². The highest BCUT2D eigenvalue weighted by Gasteiger charge is 2.59. The molecule has 50 heavy (non-hydrogen) atoms. The fourth-order valence-electron chi connectivity index (χ4n) is 8.16. The van der Waals surface area contributed by atoms with Crippen LogP contribution in [0.1, 0.15) is 70.5 Å². The molecule has 0 spiro atoms. The number of nitrogens with one attached hydrogen (secondary N) is 2. The molecule has 2 aromatic carbocycles. The van der Waals surface area contributed by atoms with E-state index in [9.17, 15) is 29.5 Å². The summed E-state index contributed by atoms with van der Waals surface area (Å²) in [5.41, 5.74) is 3.91. The van der Waals surface area contributed by atoms with Gasteiger partial charge in [-0.25, -0.2) is 4.79 Å². The first-order chi connectivity index (χ1) is 23.9. The lowest BCUT2D eigenvalue weighted by molar-refractivity contribution is -0.151. The number of rotatable bonds is 6. The van der Waals surface area contributed by atoms with Crippen molar-refractivity contribution >= 4 is 35.6 Å². The minimum Gasteiger partial charge on any atom is -0.504 e. The summed E-state index contributed by atoms with van der Waals surface area (Å²) < 4.78 is 29.4. The third-order valence-corrected chi connectivity index (χ3v) is 11.5. The molecule has 0 radical (unpaired) electrons. The van der Waals surface area contributed by atoms with Gasteiger partial charge in [0.25, 0.3) is 0 Å². The van der Waals surface area contributed by atoms with Crippen LogP contribution in [0.3, 0.4) is 0 Å². The predicted molar refractivity (Wildman–Crippen MR) is 174 cm³/mol. The van der Waals surface area contributed by atoms with E-state index in [4.69, 9.17) is 28.8 Å². The first-order valence-electron chi connectivity index (χ1n) is 16.2. The number of thioether (sulfide) groups is 1. The number of benzene rings is 2. The Hall–Kier alpha value is -4.72. The topological polar surface area (TPSA) is 206 Å². The van der Waals surface area contributed by atoms with Gasteiger partial charge in [0, 0.05) is 53.4 Å². The van der Waals surface area contributed by atoms with E-state index in [1.165, 1.54) is 25.8 Å². The average molecular weight is 709 g/mol. The molecular weight excluding hydrogens is 672 g/mol. The molecule has 7 atom stereocenters. The summed E-state index contributed by atoms with van der Waals surface area (Å²) in [6, 6.07) is 0.215. The number of fused-ring (bicyclic) bond motifs is 9. The molecule has 0 aliphatic carbocycles. The molecule has 0 saturated carbocycles. The van der Waals surface area contributed by atoms with Gasteiger partial charge in [-0.2, -0.15) is 5.26 Å². The number of carbonyl (C=O) groups excluding carboxylic acids is 3. The number of aromatic hydroxyl groups is 1. The fourth-order valence-corrected chi connectivity index (χ4v) is 9.67. The van der Waals surface area contributed by atoms with E-state index in [0.717, 1.165) is 11.1 Å². The number of carboxylic acid groups (broad SMARTS) is 1. The number of aliphatic carboxylic acids is 1. The molecule has 264 valence electrons. The summed E-state index contributed by atoms with van der Waals surface area (Å²) in [5.74, 6) is -1.75. The second-order valence-electron chi connectivity index (χ2n) is 13.0.